The number of carbonyl (C=O) groups excluding carboxylic acids is 1. The number of likely N-dealkylation sites (N-methyl/N-ethyl adjacent to an activating group) is 1. The number of ether oxygens (including phenoxy) is 1. The molecule has 0 aliphatic rings. The van der Waals surface area contributed by atoms with E-state index < -0.39 is 0 Å². The molecule has 1 aromatic carbocycles. The van der Waals surface area contributed by atoms with Gasteiger partial charge in [-0.15, -0.1) is 0 Å². The minimum absolute atomic E-state index is 0.0140. The predicted molar refractivity (Wildman–Crippen MR) is 72.7 cm³/mol. The van der Waals surface area contributed by atoms with Gasteiger partial charge >= 0.3 is 0 Å². The van der Waals surface area contributed by atoms with Gasteiger partial charge in [-0.3, -0.25) is 4.79 Å². The molecule has 0 aromatic heterocycles. The summed E-state index contributed by atoms with van der Waals surface area (Å²) in [7, 11) is 3.42. The summed E-state index contributed by atoms with van der Waals surface area (Å²) in [5.74, 6) is 0.837. The van der Waals surface area contributed by atoms with E-state index in [0.717, 1.165) is 17.7 Å². The highest BCUT2D eigenvalue weighted by Gasteiger charge is 2.16. The zero-order valence-electron chi connectivity index (χ0n) is 11.5. The number of rotatable bonds is 6. The van der Waals surface area contributed by atoms with Crippen molar-refractivity contribution in [1.29, 1.82) is 0 Å². The molecule has 2 atom stereocenters. The molecule has 0 aliphatic heterocycles. The second-order valence-electron chi connectivity index (χ2n) is 4.25. The zero-order chi connectivity index (χ0) is 13.5. The first-order valence-corrected chi connectivity index (χ1v) is 6.24. The van der Waals surface area contributed by atoms with Crippen LogP contribution in [-0.2, 0) is 4.79 Å². The first kappa shape index (κ1) is 14.5. The van der Waals surface area contributed by atoms with Gasteiger partial charge in [0.1, 0.15) is 5.75 Å². The smallest absolute Gasteiger partial charge is 0.237 e. The van der Waals surface area contributed by atoms with Crippen LogP contribution in [0.3, 0.4) is 0 Å². The van der Waals surface area contributed by atoms with Crippen molar-refractivity contribution in [3.8, 4) is 5.75 Å². The Morgan fingerprint density at radius 3 is 2.39 bits per heavy atom. The van der Waals surface area contributed by atoms with Crippen LogP contribution in [0, 0.1) is 0 Å². The summed E-state index contributed by atoms with van der Waals surface area (Å²) < 4.78 is 5.12. The average Bonchev–Trinajstić information content (AvgIpc) is 2.43. The standard InChI is InChI=1S/C14H22N2O2/c1-5-13(16-14(17)10(2)15-3)11-6-8-12(18-4)9-7-11/h6-10,13,15H,5H2,1-4H3,(H,16,17). The number of hydrogen-bond acceptors (Lipinski definition) is 3. The van der Waals surface area contributed by atoms with Gasteiger partial charge in [0.05, 0.1) is 19.2 Å². The number of methoxy groups -OCH3 is 1. The molecule has 0 saturated heterocycles. The van der Waals surface area contributed by atoms with Crippen LogP contribution in [0.25, 0.3) is 0 Å². The average molecular weight is 250 g/mol. The normalized spacial score (nSPS) is 13.8. The fourth-order valence-corrected chi connectivity index (χ4v) is 1.69. The van der Waals surface area contributed by atoms with Crippen LogP contribution in [-0.4, -0.2) is 26.1 Å². The van der Waals surface area contributed by atoms with Crippen LogP contribution in [0.2, 0.25) is 0 Å². The van der Waals surface area contributed by atoms with Gasteiger partial charge in [-0.1, -0.05) is 19.1 Å². The second kappa shape index (κ2) is 7.01. The SMILES string of the molecule is CCC(NC(=O)C(C)NC)c1ccc(OC)cc1. The molecule has 1 aromatic rings. The van der Waals surface area contributed by atoms with E-state index >= 15 is 0 Å². The van der Waals surface area contributed by atoms with Crippen LogP contribution in [0.15, 0.2) is 24.3 Å². The fraction of sp³-hybridized carbons (Fsp3) is 0.500. The molecule has 0 spiro atoms. The number of carbonyl (C=O) groups is 1. The molecule has 0 radical (unpaired) electrons. The van der Waals surface area contributed by atoms with Crippen LogP contribution in [0.4, 0.5) is 0 Å². The van der Waals surface area contributed by atoms with Gasteiger partial charge in [-0.05, 0) is 38.1 Å². The number of amides is 1. The largest absolute Gasteiger partial charge is 0.497 e. The Morgan fingerprint density at radius 1 is 1.33 bits per heavy atom. The summed E-state index contributed by atoms with van der Waals surface area (Å²) in [6.45, 7) is 3.90. The van der Waals surface area contributed by atoms with Crippen LogP contribution < -0.4 is 15.4 Å². The molecule has 0 saturated carbocycles. The summed E-state index contributed by atoms with van der Waals surface area (Å²) >= 11 is 0. The number of benzene rings is 1. The molecule has 0 bridgehead atoms. The predicted octanol–water partition coefficient (Wildman–Crippen LogP) is 1.87. The van der Waals surface area contributed by atoms with Gasteiger partial charge < -0.3 is 15.4 Å². The van der Waals surface area contributed by atoms with Crippen molar-refractivity contribution >= 4 is 5.91 Å². The third-order valence-electron chi connectivity index (χ3n) is 3.07. The number of hydrogen-bond donors (Lipinski definition) is 2. The van der Waals surface area contributed by atoms with E-state index in [2.05, 4.69) is 17.6 Å². The summed E-state index contributed by atoms with van der Waals surface area (Å²) in [6.07, 6.45) is 0.856. The lowest BCUT2D eigenvalue weighted by atomic mass is 10.0. The van der Waals surface area contributed by atoms with Gasteiger partial charge in [0.15, 0.2) is 0 Å². The van der Waals surface area contributed by atoms with Crippen molar-refractivity contribution in [2.24, 2.45) is 0 Å². The lowest BCUT2D eigenvalue weighted by Gasteiger charge is -2.20. The first-order valence-electron chi connectivity index (χ1n) is 6.24. The van der Waals surface area contributed by atoms with E-state index in [1.165, 1.54) is 0 Å². The van der Waals surface area contributed by atoms with E-state index in [9.17, 15) is 4.79 Å². The molecule has 100 valence electrons. The van der Waals surface area contributed by atoms with Crippen molar-refractivity contribution < 1.29 is 9.53 Å². The number of nitrogens with one attached hydrogen (secondary N) is 2. The van der Waals surface area contributed by atoms with E-state index in [4.69, 9.17) is 4.74 Å². The lowest BCUT2D eigenvalue weighted by molar-refractivity contribution is -0.123. The Balaban J connectivity index is 2.73. The monoisotopic (exact) mass is 250 g/mol. The Morgan fingerprint density at radius 2 is 1.94 bits per heavy atom. The molecule has 4 nitrogen and oxygen atoms in total. The molecule has 2 N–H and O–H groups in total. The van der Waals surface area contributed by atoms with Crippen molar-refractivity contribution in [2.75, 3.05) is 14.2 Å². The summed E-state index contributed by atoms with van der Waals surface area (Å²) in [4.78, 5) is 11.8. The molecule has 0 fully saturated rings. The highest BCUT2D eigenvalue weighted by atomic mass is 16.5. The summed E-state index contributed by atoms with van der Waals surface area (Å²) in [5.41, 5.74) is 1.09. The third kappa shape index (κ3) is 3.74. The molecule has 0 aliphatic carbocycles. The third-order valence-corrected chi connectivity index (χ3v) is 3.07. The van der Waals surface area contributed by atoms with E-state index in [1.807, 2.05) is 31.2 Å². The molecule has 18 heavy (non-hydrogen) atoms. The minimum Gasteiger partial charge on any atom is -0.497 e. The van der Waals surface area contributed by atoms with Crippen LogP contribution in [0.1, 0.15) is 31.9 Å². The highest BCUT2D eigenvalue weighted by Crippen LogP contribution is 2.20. The first-order chi connectivity index (χ1) is 8.62. The molecule has 1 rings (SSSR count). The highest BCUT2D eigenvalue weighted by molar-refractivity contribution is 5.81. The van der Waals surface area contributed by atoms with Gasteiger partial charge in [0, 0.05) is 0 Å². The van der Waals surface area contributed by atoms with E-state index in [1.54, 1.807) is 14.2 Å². The maximum Gasteiger partial charge on any atom is 0.237 e. The fourth-order valence-electron chi connectivity index (χ4n) is 1.69. The molecule has 1 amide bonds. The zero-order valence-corrected chi connectivity index (χ0v) is 11.5. The van der Waals surface area contributed by atoms with Crippen LogP contribution in [0.5, 0.6) is 5.75 Å². The molecule has 2 unspecified atom stereocenters. The van der Waals surface area contributed by atoms with Crippen LogP contribution >= 0.6 is 0 Å². The quantitative estimate of drug-likeness (QED) is 0.810. The molecular weight excluding hydrogens is 228 g/mol. The topological polar surface area (TPSA) is 50.4 Å². The van der Waals surface area contributed by atoms with E-state index in [-0.39, 0.29) is 18.0 Å². The molecule has 4 heteroatoms. The van der Waals surface area contributed by atoms with Gasteiger partial charge in [-0.2, -0.15) is 0 Å². The lowest BCUT2D eigenvalue weighted by Crippen LogP contribution is -2.41. The van der Waals surface area contributed by atoms with Crippen molar-refractivity contribution in [3.05, 3.63) is 29.8 Å². The maximum atomic E-state index is 11.8. The molecule has 0 heterocycles. The van der Waals surface area contributed by atoms with Gasteiger partial charge in [0.25, 0.3) is 0 Å². The van der Waals surface area contributed by atoms with Crippen molar-refractivity contribution in [3.63, 3.8) is 0 Å². The molecular formula is C14H22N2O2. The van der Waals surface area contributed by atoms with Crippen molar-refractivity contribution in [2.45, 2.75) is 32.4 Å². The summed E-state index contributed by atoms with van der Waals surface area (Å²) in [5, 5.41) is 5.96. The Bertz CT molecular complexity index is 376. The van der Waals surface area contributed by atoms with E-state index in [0.29, 0.717) is 0 Å². The van der Waals surface area contributed by atoms with Gasteiger partial charge in [0.2, 0.25) is 5.91 Å². The summed E-state index contributed by atoms with van der Waals surface area (Å²) in [6, 6.07) is 7.64. The second-order valence-corrected chi connectivity index (χ2v) is 4.25. The van der Waals surface area contributed by atoms with Crippen molar-refractivity contribution in [1.82, 2.24) is 10.6 Å². The Hall–Kier alpha value is -1.55. The maximum absolute atomic E-state index is 11.8. The van der Waals surface area contributed by atoms with Gasteiger partial charge in [-0.25, -0.2) is 0 Å². The minimum atomic E-state index is -0.183. The Labute approximate surface area is 109 Å². The Kier molecular flexibility index (Phi) is 5.65.